The van der Waals surface area contributed by atoms with Gasteiger partial charge in [-0.3, -0.25) is 0 Å². The van der Waals surface area contributed by atoms with E-state index in [1.165, 1.54) is 0 Å². The van der Waals surface area contributed by atoms with Crippen LogP contribution in [0.4, 0.5) is 11.4 Å². The number of nitrogens with two attached hydrogens (primary N) is 1. The number of nitrogen functional groups attached to an aromatic ring is 1. The van der Waals surface area contributed by atoms with Gasteiger partial charge in [-0.1, -0.05) is 6.07 Å². The molecule has 4 nitrogen and oxygen atoms in total. The van der Waals surface area contributed by atoms with Crippen LogP contribution in [0.5, 0.6) is 0 Å². The van der Waals surface area contributed by atoms with Crippen LogP contribution in [-0.2, 0) is 6.42 Å². The van der Waals surface area contributed by atoms with Crippen molar-refractivity contribution in [2.45, 2.75) is 12.5 Å². The highest BCUT2D eigenvalue weighted by Gasteiger charge is 2.22. The lowest BCUT2D eigenvalue weighted by Gasteiger charge is -2.21. The van der Waals surface area contributed by atoms with Gasteiger partial charge >= 0.3 is 0 Å². The predicted octanol–water partition coefficient (Wildman–Crippen LogP) is -0.0155. The van der Waals surface area contributed by atoms with Gasteiger partial charge in [-0.2, -0.15) is 0 Å². The van der Waals surface area contributed by atoms with E-state index in [-0.39, 0.29) is 6.61 Å². The third-order valence-electron chi connectivity index (χ3n) is 2.80. The zero-order valence-corrected chi connectivity index (χ0v) is 8.56. The molecule has 1 heterocycles. The van der Waals surface area contributed by atoms with Gasteiger partial charge in [-0.15, -0.1) is 0 Å². The SMILES string of the molecule is Nc1cccc2c1CCN2CC(O)CO. The van der Waals surface area contributed by atoms with Crippen molar-refractivity contribution in [3.05, 3.63) is 23.8 Å². The fourth-order valence-corrected chi connectivity index (χ4v) is 2.03. The minimum absolute atomic E-state index is 0.200. The second-order valence-corrected chi connectivity index (χ2v) is 3.88. The number of hydrogen-bond acceptors (Lipinski definition) is 4. The van der Waals surface area contributed by atoms with E-state index in [9.17, 15) is 5.11 Å². The molecular formula is C11H16N2O2. The van der Waals surface area contributed by atoms with Crippen LogP contribution < -0.4 is 10.6 Å². The minimum atomic E-state index is -0.683. The molecule has 0 aliphatic carbocycles. The molecule has 0 saturated carbocycles. The molecule has 15 heavy (non-hydrogen) atoms. The minimum Gasteiger partial charge on any atom is -0.398 e. The maximum absolute atomic E-state index is 9.39. The molecule has 1 unspecified atom stereocenters. The summed E-state index contributed by atoms with van der Waals surface area (Å²) in [6, 6.07) is 5.81. The Morgan fingerprint density at radius 1 is 1.47 bits per heavy atom. The molecule has 0 saturated heterocycles. The maximum atomic E-state index is 9.39. The number of β-amino-alcohol motifs (C(OH)–C–C–N with tert-alkyl or cyclic N) is 1. The van der Waals surface area contributed by atoms with Crippen molar-refractivity contribution in [3.63, 3.8) is 0 Å². The van der Waals surface area contributed by atoms with Gasteiger partial charge in [-0.25, -0.2) is 0 Å². The van der Waals surface area contributed by atoms with Crippen LogP contribution in [0.1, 0.15) is 5.56 Å². The molecule has 1 aliphatic heterocycles. The van der Waals surface area contributed by atoms with E-state index < -0.39 is 6.10 Å². The smallest absolute Gasteiger partial charge is 0.0945 e. The Morgan fingerprint density at radius 3 is 3.00 bits per heavy atom. The molecule has 0 aromatic heterocycles. The Bertz CT molecular complexity index is 354. The summed E-state index contributed by atoms with van der Waals surface area (Å²) in [7, 11) is 0. The van der Waals surface area contributed by atoms with Crippen molar-refractivity contribution < 1.29 is 10.2 Å². The third kappa shape index (κ3) is 1.91. The lowest BCUT2D eigenvalue weighted by atomic mass is 10.1. The van der Waals surface area contributed by atoms with Gasteiger partial charge in [0, 0.05) is 30.0 Å². The second-order valence-electron chi connectivity index (χ2n) is 3.88. The summed E-state index contributed by atoms with van der Waals surface area (Å²) >= 11 is 0. The van der Waals surface area contributed by atoms with Crippen LogP contribution in [0.15, 0.2) is 18.2 Å². The monoisotopic (exact) mass is 208 g/mol. The van der Waals surface area contributed by atoms with E-state index in [0.29, 0.717) is 6.54 Å². The van der Waals surface area contributed by atoms with E-state index in [1.54, 1.807) is 0 Å². The van der Waals surface area contributed by atoms with Crippen molar-refractivity contribution in [1.82, 2.24) is 0 Å². The fraction of sp³-hybridized carbons (Fsp3) is 0.455. The van der Waals surface area contributed by atoms with Crippen LogP contribution in [0.3, 0.4) is 0 Å². The van der Waals surface area contributed by atoms with Gasteiger partial charge in [0.1, 0.15) is 0 Å². The van der Waals surface area contributed by atoms with Crippen LogP contribution in [0, 0.1) is 0 Å². The number of nitrogens with zero attached hydrogens (tertiary/aromatic N) is 1. The first-order valence-electron chi connectivity index (χ1n) is 5.13. The molecule has 82 valence electrons. The zero-order chi connectivity index (χ0) is 10.8. The lowest BCUT2D eigenvalue weighted by Crippen LogP contribution is -2.32. The molecule has 0 radical (unpaired) electrons. The topological polar surface area (TPSA) is 69.7 Å². The van der Waals surface area contributed by atoms with Gasteiger partial charge in [0.05, 0.1) is 12.7 Å². The summed E-state index contributed by atoms with van der Waals surface area (Å²) in [5.74, 6) is 0. The zero-order valence-electron chi connectivity index (χ0n) is 8.56. The molecule has 0 amide bonds. The van der Waals surface area contributed by atoms with Crippen LogP contribution in [0.2, 0.25) is 0 Å². The van der Waals surface area contributed by atoms with Crippen molar-refractivity contribution >= 4 is 11.4 Å². The molecule has 0 spiro atoms. The van der Waals surface area contributed by atoms with E-state index in [4.69, 9.17) is 10.8 Å². The largest absolute Gasteiger partial charge is 0.398 e. The Balaban J connectivity index is 2.18. The molecule has 1 aromatic rings. The molecule has 2 rings (SSSR count). The van der Waals surface area contributed by atoms with Gasteiger partial charge in [0.15, 0.2) is 0 Å². The van der Waals surface area contributed by atoms with Crippen LogP contribution in [-0.4, -0.2) is 36.0 Å². The number of aliphatic hydroxyl groups excluding tert-OH is 2. The van der Waals surface area contributed by atoms with E-state index in [2.05, 4.69) is 4.90 Å². The van der Waals surface area contributed by atoms with Crippen molar-refractivity contribution in [2.75, 3.05) is 30.3 Å². The van der Waals surface area contributed by atoms with Crippen molar-refractivity contribution in [2.24, 2.45) is 0 Å². The van der Waals surface area contributed by atoms with E-state index >= 15 is 0 Å². The Hall–Kier alpha value is -1.26. The summed E-state index contributed by atoms with van der Waals surface area (Å²) < 4.78 is 0. The molecule has 0 bridgehead atoms. The highest BCUT2D eigenvalue weighted by molar-refractivity contribution is 5.68. The normalized spacial score (nSPS) is 16.5. The van der Waals surface area contributed by atoms with Crippen LogP contribution >= 0.6 is 0 Å². The third-order valence-corrected chi connectivity index (χ3v) is 2.80. The molecule has 1 aliphatic rings. The van der Waals surface area contributed by atoms with Crippen molar-refractivity contribution in [1.29, 1.82) is 0 Å². The van der Waals surface area contributed by atoms with Crippen molar-refractivity contribution in [3.8, 4) is 0 Å². The van der Waals surface area contributed by atoms with E-state index in [0.717, 1.165) is 29.9 Å². The highest BCUT2D eigenvalue weighted by Crippen LogP contribution is 2.31. The summed E-state index contributed by atoms with van der Waals surface area (Å²) in [6.07, 6.45) is 0.234. The number of benzene rings is 1. The Kier molecular flexibility index (Phi) is 2.79. The summed E-state index contributed by atoms with van der Waals surface area (Å²) in [6.45, 7) is 1.13. The second kappa shape index (κ2) is 4.08. The first kappa shape index (κ1) is 10.3. The number of fused-ring (bicyclic) bond motifs is 1. The number of anilines is 2. The Labute approximate surface area is 88.9 Å². The quantitative estimate of drug-likeness (QED) is 0.611. The number of aliphatic hydroxyl groups is 2. The number of rotatable bonds is 3. The van der Waals surface area contributed by atoms with E-state index in [1.807, 2.05) is 18.2 Å². The molecule has 4 heteroatoms. The standard InChI is InChI=1S/C11H16N2O2/c12-10-2-1-3-11-9(10)4-5-13(11)6-8(15)7-14/h1-3,8,14-15H,4-7,12H2. The summed E-state index contributed by atoms with van der Waals surface area (Å²) in [5, 5.41) is 18.2. The van der Waals surface area contributed by atoms with Crippen LogP contribution in [0.25, 0.3) is 0 Å². The Morgan fingerprint density at radius 2 is 2.27 bits per heavy atom. The summed E-state index contributed by atoms with van der Waals surface area (Å²) in [5.41, 5.74) is 8.91. The molecular weight excluding hydrogens is 192 g/mol. The number of hydrogen-bond donors (Lipinski definition) is 3. The summed E-state index contributed by atoms with van der Waals surface area (Å²) in [4.78, 5) is 2.06. The van der Waals surface area contributed by atoms with Gasteiger partial charge in [0.25, 0.3) is 0 Å². The van der Waals surface area contributed by atoms with Gasteiger partial charge in [-0.05, 0) is 18.6 Å². The highest BCUT2D eigenvalue weighted by atomic mass is 16.3. The lowest BCUT2D eigenvalue weighted by molar-refractivity contribution is 0.100. The average Bonchev–Trinajstić information content (AvgIpc) is 2.63. The fourth-order valence-electron chi connectivity index (χ4n) is 2.03. The van der Waals surface area contributed by atoms with Gasteiger partial charge in [0.2, 0.25) is 0 Å². The average molecular weight is 208 g/mol. The maximum Gasteiger partial charge on any atom is 0.0945 e. The van der Waals surface area contributed by atoms with Gasteiger partial charge < -0.3 is 20.8 Å². The molecule has 1 atom stereocenters. The first-order chi connectivity index (χ1) is 7.22. The molecule has 1 aromatic carbocycles. The molecule has 0 fully saturated rings. The predicted molar refractivity (Wildman–Crippen MR) is 59.9 cm³/mol. The first-order valence-corrected chi connectivity index (χ1v) is 5.13. The molecule has 4 N–H and O–H groups in total.